The minimum atomic E-state index is -0.857. The average Bonchev–Trinajstić information content (AvgIpc) is 3.02. The molecule has 100 valence electrons. The zero-order valence-electron chi connectivity index (χ0n) is 10.1. The maximum Gasteiger partial charge on any atom is 0.326 e. The van der Waals surface area contributed by atoms with Gasteiger partial charge in [0.2, 0.25) is 11.7 Å². The van der Waals surface area contributed by atoms with Crippen LogP contribution >= 0.6 is 11.3 Å². The first-order chi connectivity index (χ1) is 9.61. The third kappa shape index (κ3) is 1.68. The van der Waals surface area contributed by atoms with Crippen molar-refractivity contribution in [1.29, 1.82) is 0 Å². The summed E-state index contributed by atoms with van der Waals surface area (Å²) in [5.41, 5.74) is 5.64. The van der Waals surface area contributed by atoms with Gasteiger partial charge in [0.15, 0.2) is 0 Å². The Bertz CT molecular complexity index is 821. The summed E-state index contributed by atoms with van der Waals surface area (Å²) in [4.78, 5) is 28.3. The van der Waals surface area contributed by atoms with Crippen LogP contribution < -0.4 is 5.73 Å². The van der Waals surface area contributed by atoms with Gasteiger partial charge in [-0.1, -0.05) is 6.07 Å². The van der Waals surface area contributed by atoms with E-state index in [4.69, 9.17) is 5.73 Å². The number of ketones is 1. The summed E-state index contributed by atoms with van der Waals surface area (Å²) in [6.07, 6.45) is 2.88. The summed E-state index contributed by atoms with van der Waals surface area (Å²) in [7, 11) is 0. The number of nitrogens with two attached hydrogens (primary N) is 1. The first-order valence-electron chi connectivity index (χ1n) is 5.66. The van der Waals surface area contributed by atoms with Gasteiger partial charge in [0.1, 0.15) is 0 Å². The van der Waals surface area contributed by atoms with Crippen LogP contribution in [0.1, 0.15) is 15.2 Å². The fraction of sp³-hybridized carbons (Fsp3) is 0. The molecule has 3 N–H and O–H groups in total. The quantitative estimate of drug-likeness (QED) is 0.704. The molecule has 3 rings (SSSR count). The van der Waals surface area contributed by atoms with E-state index in [0.717, 1.165) is 4.57 Å². The Morgan fingerprint density at radius 3 is 2.80 bits per heavy atom. The van der Waals surface area contributed by atoms with Crippen molar-refractivity contribution in [3.63, 3.8) is 0 Å². The summed E-state index contributed by atoms with van der Waals surface area (Å²) in [6.45, 7) is 0. The molecule has 6 nitrogen and oxygen atoms in total. The van der Waals surface area contributed by atoms with Crippen molar-refractivity contribution in [2.75, 3.05) is 0 Å². The zero-order chi connectivity index (χ0) is 14.3. The van der Waals surface area contributed by atoms with E-state index in [-0.39, 0.29) is 11.3 Å². The Hall–Kier alpha value is -2.67. The van der Waals surface area contributed by atoms with E-state index in [0.29, 0.717) is 15.8 Å². The molecule has 0 unspecified atom stereocenters. The van der Waals surface area contributed by atoms with Crippen molar-refractivity contribution < 1.29 is 14.7 Å². The molecule has 0 aliphatic carbocycles. The number of carbonyl (C=O) groups is 2. The molecule has 3 heterocycles. The van der Waals surface area contributed by atoms with Crippen LogP contribution in [0.15, 0.2) is 36.0 Å². The summed E-state index contributed by atoms with van der Waals surface area (Å²) >= 11 is 1.25. The van der Waals surface area contributed by atoms with Crippen LogP contribution in [-0.2, 0) is 0 Å². The van der Waals surface area contributed by atoms with Crippen LogP contribution in [0, 0.1) is 0 Å². The number of rotatable bonds is 2. The second-order valence-electron chi connectivity index (χ2n) is 4.07. The lowest BCUT2D eigenvalue weighted by Crippen LogP contribution is -2.18. The van der Waals surface area contributed by atoms with Gasteiger partial charge in [0.05, 0.1) is 16.0 Å². The molecule has 0 spiro atoms. The SMILES string of the molecule is NC(=O)n1c(O)c(C(=O)c2cccs2)c2cnccc21. The topological polar surface area (TPSA) is 98.2 Å². The molecule has 0 aromatic carbocycles. The van der Waals surface area contributed by atoms with Crippen molar-refractivity contribution >= 4 is 34.1 Å². The van der Waals surface area contributed by atoms with Gasteiger partial charge in [-0.25, -0.2) is 9.36 Å². The van der Waals surface area contributed by atoms with E-state index in [1.165, 1.54) is 29.8 Å². The number of amides is 1. The predicted molar refractivity (Wildman–Crippen MR) is 74.1 cm³/mol. The lowest BCUT2D eigenvalue weighted by molar-refractivity contribution is 0.104. The fourth-order valence-corrected chi connectivity index (χ4v) is 2.77. The molecule has 7 heteroatoms. The highest BCUT2D eigenvalue weighted by Gasteiger charge is 2.25. The predicted octanol–water partition coefficient (Wildman–Crippen LogP) is 1.96. The standard InChI is InChI=1S/C13H9N3O3S/c14-13(19)16-8-3-4-15-6-7(8)10(12(16)18)11(17)9-2-1-5-20-9/h1-6,18H,(H2,14,19). The highest BCUT2D eigenvalue weighted by molar-refractivity contribution is 7.12. The number of fused-ring (bicyclic) bond motifs is 1. The van der Waals surface area contributed by atoms with Crippen LogP contribution in [0.3, 0.4) is 0 Å². The minimum Gasteiger partial charge on any atom is -0.494 e. The number of primary amides is 1. The maximum absolute atomic E-state index is 12.4. The van der Waals surface area contributed by atoms with Gasteiger partial charge in [-0.3, -0.25) is 9.78 Å². The van der Waals surface area contributed by atoms with Crippen molar-refractivity contribution in [2.24, 2.45) is 5.73 Å². The molecule has 20 heavy (non-hydrogen) atoms. The van der Waals surface area contributed by atoms with Crippen LogP contribution in [0.2, 0.25) is 0 Å². The van der Waals surface area contributed by atoms with Gasteiger partial charge < -0.3 is 10.8 Å². The van der Waals surface area contributed by atoms with Gasteiger partial charge >= 0.3 is 6.03 Å². The molecular formula is C13H9N3O3S. The van der Waals surface area contributed by atoms with Crippen molar-refractivity contribution in [3.05, 3.63) is 46.4 Å². The molecule has 3 aromatic rings. The van der Waals surface area contributed by atoms with Gasteiger partial charge in [-0.15, -0.1) is 11.3 Å². The van der Waals surface area contributed by atoms with E-state index < -0.39 is 11.9 Å². The van der Waals surface area contributed by atoms with E-state index in [2.05, 4.69) is 4.98 Å². The molecule has 3 aromatic heterocycles. The van der Waals surface area contributed by atoms with E-state index in [1.54, 1.807) is 17.5 Å². The van der Waals surface area contributed by atoms with Gasteiger partial charge in [-0.2, -0.15) is 0 Å². The van der Waals surface area contributed by atoms with Gasteiger partial charge in [0.25, 0.3) is 0 Å². The zero-order valence-corrected chi connectivity index (χ0v) is 10.9. The highest BCUT2D eigenvalue weighted by atomic mass is 32.1. The number of hydrogen-bond donors (Lipinski definition) is 2. The molecule has 0 bridgehead atoms. The second kappa shape index (κ2) is 4.46. The summed E-state index contributed by atoms with van der Waals surface area (Å²) in [5, 5.41) is 12.3. The molecule has 0 fully saturated rings. The van der Waals surface area contributed by atoms with Crippen molar-refractivity contribution in [3.8, 4) is 5.88 Å². The fourth-order valence-electron chi connectivity index (χ4n) is 2.10. The smallest absolute Gasteiger partial charge is 0.326 e. The second-order valence-corrected chi connectivity index (χ2v) is 5.02. The number of hydrogen-bond acceptors (Lipinski definition) is 5. The Morgan fingerprint density at radius 1 is 1.35 bits per heavy atom. The number of aromatic nitrogens is 2. The molecule has 0 radical (unpaired) electrons. The minimum absolute atomic E-state index is 0.0364. The molecule has 0 saturated heterocycles. The molecule has 0 saturated carbocycles. The number of pyridine rings is 1. The maximum atomic E-state index is 12.4. The summed E-state index contributed by atoms with van der Waals surface area (Å²) < 4.78 is 0.901. The Morgan fingerprint density at radius 2 is 2.15 bits per heavy atom. The van der Waals surface area contributed by atoms with Crippen LogP contribution in [0.5, 0.6) is 5.88 Å². The van der Waals surface area contributed by atoms with Gasteiger partial charge in [0, 0.05) is 17.8 Å². The molecular weight excluding hydrogens is 278 g/mol. The largest absolute Gasteiger partial charge is 0.494 e. The lowest BCUT2D eigenvalue weighted by atomic mass is 10.1. The Labute approximate surface area is 117 Å². The summed E-state index contributed by atoms with van der Waals surface area (Å²) in [5.74, 6) is -0.825. The average molecular weight is 287 g/mol. The third-order valence-corrected chi connectivity index (χ3v) is 3.80. The van der Waals surface area contributed by atoms with Crippen LogP contribution in [-0.4, -0.2) is 26.5 Å². The van der Waals surface area contributed by atoms with E-state index >= 15 is 0 Å². The Balaban J connectivity index is 2.34. The van der Waals surface area contributed by atoms with Crippen LogP contribution in [0.25, 0.3) is 10.9 Å². The number of carbonyl (C=O) groups excluding carboxylic acids is 2. The van der Waals surface area contributed by atoms with Gasteiger partial charge in [-0.05, 0) is 17.5 Å². The van der Waals surface area contributed by atoms with Crippen molar-refractivity contribution in [2.45, 2.75) is 0 Å². The monoisotopic (exact) mass is 287 g/mol. The number of aromatic hydroxyl groups is 1. The van der Waals surface area contributed by atoms with Crippen molar-refractivity contribution in [1.82, 2.24) is 9.55 Å². The molecule has 0 aliphatic rings. The van der Waals surface area contributed by atoms with E-state index in [9.17, 15) is 14.7 Å². The number of nitrogens with zero attached hydrogens (tertiary/aromatic N) is 2. The lowest BCUT2D eigenvalue weighted by Gasteiger charge is -2.00. The third-order valence-electron chi connectivity index (χ3n) is 2.94. The number of thiophene rings is 1. The molecule has 0 aliphatic heterocycles. The first kappa shape index (κ1) is 12.4. The Kier molecular flexibility index (Phi) is 2.76. The highest BCUT2D eigenvalue weighted by Crippen LogP contribution is 2.32. The normalized spacial score (nSPS) is 10.8. The molecule has 1 amide bonds. The van der Waals surface area contributed by atoms with E-state index in [1.807, 2.05) is 0 Å². The van der Waals surface area contributed by atoms with Crippen LogP contribution in [0.4, 0.5) is 4.79 Å². The summed E-state index contributed by atoms with van der Waals surface area (Å²) in [6, 6.07) is 4.05. The first-order valence-corrected chi connectivity index (χ1v) is 6.54. The molecule has 0 atom stereocenters.